The van der Waals surface area contributed by atoms with Crippen molar-refractivity contribution in [2.24, 2.45) is 0 Å². The molecule has 8 nitrogen and oxygen atoms in total. The first-order valence-electron chi connectivity index (χ1n) is 10.7. The minimum Gasteiger partial charge on any atom is -0.496 e. The van der Waals surface area contributed by atoms with Crippen LogP contribution in [0.3, 0.4) is 0 Å². The van der Waals surface area contributed by atoms with Crippen molar-refractivity contribution >= 4 is 44.1 Å². The van der Waals surface area contributed by atoms with E-state index in [9.17, 15) is 4.79 Å². The van der Waals surface area contributed by atoms with Crippen LogP contribution in [0.1, 0.15) is 27.4 Å². The van der Waals surface area contributed by atoms with Crippen LogP contribution in [0, 0.1) is 6.92 Å². The van der Waals surface area contributed by atoms with E-state index in [2.05, 4.69) is 42.3 Å². The number of ether oxygens (including phenoxy) is 2. The zero-order valence-corrected chi connectivity index (χ0v) is 21.3. The Morgan fingerprint density at radius 1 is 1.17 bits per heavy atom. The monoisotopic (exact) mass is 549 g/mol. The van der Waals surface area contributed by atoms with E-state index in [4.69, 9.17) is 9.47 Å². The molecule has 0 aliphatic carbocycles. The summed E-state index contributed by atoms with van der Waals surface area (Å²) in [5.41, 5.74) is 4.31. The molecule has 0 N–H and O–H groups in total. The van der Waals surface area contributed by atoms with Crippen molar-refractivity contribution in [1.82, 2.24) is 25.0 Å². The van der Waals surface area contributed by atoms with Gasteiger partial charge in [0.15, 0.2) is 5.69 Å². The average Bonchev–Trinajstić information content (AvgIpc) is 3.49. The zero-order chi connectivity index (χ0) is 24.4. The molecule has 0 aliphatic rings. The van der Waals surface area contributed by atoms with Crippen LogP contribution in [-0.2, 0) is 17.9 Å². The number of rotatable bonds is 7. The molecule has 0 atom stereocenters. The molecule has 0 amide bonds. The third-order valence-electron chi connectivity index (χ3n) is 5.47. The van der Waals surface area contributed by atoms with Crippen LogP contribution in [-0.4, -0.2) is 38.0 Å². The van der Waals surface area contributed by atoms with Gasteiger partial charge in [0, 0.05) is 21.4 Å². The highest BCUT2D eigenvalue weighted by Gasteiger charge is 2.19. The second-order valence-electron chi connectivity index (χ2n) is 7.78. The topological polar surface area (TPSA) is 92.0 Å². The number of carbonyl (C=O) groups is 1. The summed E-state index contributed by atoms with van der Waals surface area (Å²) in [5, 5.41) is 11.9. The third-order valence-corrected chi connectivity index (χ3v) is 6.89. The second-order valence-corrected chi connectivity index (χ2v) is 9.55. The van der Waals surface area contributed by atoms with E-state index in [1.54, 1.807) is 24.9 Å². The summed E-state index contributed by atoms with van der Waals surface area (Å²) in [7, 11) is 1.62. The molecule has 0 saturated heterocycles. The first kappa shape index (κ1) is 23.1. The fourth-order valence-corrected chi connectivity index (χ4v) is 4.83. The number of pyridine rings is 1. The Labute approximate surface area is 213 Å². The largest absolute Gasteiger partial charge is 0.496 e. The molecule has 0 aliphatic heterocycles. The van der Waals surface area contributed by atoms with Crippen molar-refractivity contribution < 1.29 is 14.3 Å². The van der Waals surface area contributed by atoms with Crippen molar-refractivity contribution in [3.63, 3.8) is 0 Å². The van der Waals surface area contributed by atoms with Crippen LogP contribution >= 0.6 is 27.3 Å². The molecular weight excluding hydrogens is 530 g/mol. The number of hydrogen-bond acceptors (Lipinski definition) is 8. The highest BCUT2D eigenvalue weighted by Crippen LogP contribution is 2.34. The molecule has 3 heterocycles. The van der Waals surface area contributed by atoms with Gasteiger partial charge in [-0.2, -0.15) is 0 Å². The number of fused-ring (bicyclic) bond motifs is 1. The second kappa shape index (κ2) is 9.93. The number of esters is 1. The molecule has 5 rings (SSSR count). The lowest BCUT2D eigenvalue weighted by Crippen LogP contribution is -2.09. The fourth-order valence-electron chi connectivity index (χ4n) is 3.65. The highest BCUT2D eigenvalue weighted by molar-refractivity contribution is 9.10. The Balaban J connectivity index is 1.26. The van der Waals surface area contributed by atoms with Gasteiger partial charge < -0.3 is 9.47 Å². The van der Waals surface area contributed by atoms with Crippen molar-refractivity contribution in [1.29, 1.82) is 0 Å². The third kappa shape index (κ3) is 4.94. The van der Waals surface area contributed by atoms with Gasteiger partial charge in [-0.3, -0.25) is 4.98 Å². The molecule has 5 aromatic rings. The first-order chi connectivity index (χ1) is 17.0. The predicted molar refractivity (Wildman–Crippen MR) is 137 cm³/mol. The summed E-state index contributed by atoms with van der Waals surface area (Å²) in [6, 6.07) is 15.7. The van der Waals surface area contributed by atoms with Crippen LogP contribution in [0.25, 0.3) is 21.5 Å². The maximum Gasteiger partial charge on any atom is 0.361 e. The van der Waals surface area contributed by atoms with E-state index in [-0.39, 0.29) is 12.3 Å². The number of methoxy groups -OCH3 is 1. The van der Waals surface area contributed by atoms with Crippen molar-refractivity contribution in [3.05, 3.63) is 87.2 Å². The Bertz CT molecular complexity index is 1530. The molecular formula is C25H20BrN5O3S. The maximum atomic E-state index is 12.7. The zero-order valence-electron chi connectivity index (χ0n) is 18.9. The van der Waals surface area contributed by atoms with Gasteiger partial charge in [-0.25, -0.2) is 14.5 Å². The molecule has 0 bridgehead atoms. The van der Waals surface area contributed by atoms with E-state index in [0.717, 1.165) is 37.3 Å². The van der Waals surface area contributed by atoms with Crippen LogP contribution < -0.4 is 4.74 Å². The average molecular weight is 550 g/mol. The Morgan fingerprint density at radius 2 is 2.06 bits per heavy atom. The number of hydrogen-bond donors (Lipinski definition) is 0. The van der Waals surface area contributed by atoms with Crippen LogP contribution in [0.5, 0.6) is 5.75 Å². The molecule has 35 heavy (non-hydrogen) atoms. The molecule has 2 aromatic carbocycles. The molecule has 3 aromatic heterocycles. The lowest BCUT2D eigenvalue weighted by Gasteiger charge is -2.06. The Morgan fingerprint density at radius 3 is 2.91 bits per heavy atom. The van der Waals surface area contributed by atoms with Crippen molar-refractivity contribution in [2.45, 2.75) is 20.1 Å². The standard InChI is InChI=1S/C25H20BrN5O3S/c1-15-23(29-30-31(15)12-16-5-7-21-17(10-16)4-3-9-27-21)25(32)34-13-19-14-35-24(28-19)20-11-18(26)6-8-22(20)33-2/h3-11,14H,12-13H2,1-2H3. The number of carbonyl (C=O) groups excluding carboxylic acids is 1. The number of halogens is 1. The summed E-state index contributed by atoms with van der Waals surface area (Å²) < 4.78 is 13.5. The fraction of sp³-hybridized carbons (Fsp3) is 0.160. The number of nitrogens with zero attached hydrogens (tertiary/aromatic N) is 5. The summed E-state index contributed by atoms with van der Waals surface area (Å²) >= 11 is 4.94. The Hall–Kier alpha value is -3.63. The van der Waals surface area contributed by atoms with Crippen molar-refractivity contribution in [3.8, 4) is 16.3 Å². The highest BCUT2D eigenvalue weighted by atomic mass is 79.9. The van der Waals surface area contributed by atoms with E-state index >= 15 is 0 Å². The molecule has 176 valence electrons. The number of aromatic nitrogens is 5. The van der Waals surface area contributed by atoms with E-state index in [1.165, 1.54) is 11.3 Å². The van der Waals surface area contributed by atoms with Gasteiger partial charge in [-0.15, -0.1) is 16.4 Å². The first-order valence-corrected chi connectivity index (χ1v) is 12.4. The minimum absolute atomic E-state index is 0.0373. The summed E-state index contributed by atoms with van der Waals surface area (Å²) in [6.07, 6.45) is 1.77. The lowest BCUT2D eigenvalue weighted by atomic mass is 10.1. The molecule has 10 heteroatoms. The van der Waals surface area contributed by atoms with Gasteiger partial charge in [0.05, 0.1) is 36.1 Å². The van der Waals surface area contributed by atoms with Gasteiger partial charge in [-0.05, 0) is 48.9 Å². The summed E-state index contributed by atoms with van der Waals surface area (Å²) in [5.74, 6) is 0.187. The summed E-state index contributed by atoms with van der Waals surface area (Å²) in [6.45, 7) is 2.33. The minimum atomic E-state index is -0.536. The van der Waals surface area contributed by atoms with Crippen molar-refractivity contribution in [2.75, 3.05) is 7.11 Å². The lowest BCUT2D eigenvalue weighted by molar-refractivity contribution is 0.0460. The van der Waals surface area contributed by atoms with Gasteiger partial charge in [0.1, 0.15) is 17.4 Å². The molecule has 0 radical (unpaired) electrons. The maximum absolute atomic E-state index is 12.7. The SMILES string of the molecule is COc1ccc(Br)cc1-c1nc(COC(=O)c2nnn(Cc3ccc4ncccc4c3)c2C)cs1. The van der Waals surface area contributed by atoms with Crippen LogP contribution in [0.4, 0.5) is 0 Å². The van der Waals surface area contributed by atoms with Crippen LogP contribution in [0.2, 0.25) is 0 Å². The molecule has 0 fully saturated rings. The molecule has 0 saturated carbocycles. The van der Waals surface area contributed by atoms with E-state index in [1.807, 2.05) is 47.8 Å². The van der Waals surface area contributed by atoms with Gasteiger partial charge in [-0.1, -0.05) is 33.3 Å². The smallest absolute Gasteiger partial charge is 0.361 e. The number of benzene rings is 2. The van der Waals surface area contributed by atoms with E-state index < -0.39 is 5.97 Å². The van der Waals surface area contributed by atoms with Gasteiger partial charge >= 0.3 is 5.97 Å². The normalized spacial score (nSPS) is 11.1. The number of thiazole rings is 1. The van der Waals surface area contributed by atoms with Crippen LogP contribution in [0.15, 0.2) is 64.6 Å². The van der Waals surface area contributed by atoms with Gasteiger partial charge in [0.25, 0.3) is 0 Å². The molecule has 0 spiro atoms. The molecule has 0 unspecified atom stereocenters. The van der Waals surface area contributed by atoms with E-state index in [0.29, 0.717) is 17.9 Å². The predicted octanol–water partition coefficient (Wildman–Crippen LogP) is 5.43. The van der Waals surface area contributed by atoms with Gasteiger partial charge in [0.2, 0.25) is 0 Å². The quantitative estimate of drug-likeness (QED) is 0.250. The summed E-state index contributed by atoms with van der Waals surface area (Å²) in [4.78, 5) is 21.6. The Kier molecular flexibility index (Phi) is 6.56.